The van der Waals surface area contributed by atoms with Gasteiger partial charge in [0.15, 0.2) is 6.61 Å². The van der Waals surface area contributed by atoms with E-state index in [4.69, 9.17) is 14.0 Å². The summed E-state index contributed by atoms with van der Waals surface area (Å²) in [4.78, 5) is 25.8. The second-order valence-electron chi connectivity index (χ2n) is 8.62. The highest BCUT2D eigenvalue weighted by Crippen LogP contribution is 2.34. The number of aryl methyl sites for hydroxylation is 2. The van der Waals surface area contributed by atoms with Crippen LogP contribution in [0.25, 0.3) is 10.8 Å². The van der Waals surface area contributed by atoms with Gasteiger partial charge in [-0.1, -0.05) is 53.7 Å². The quantitative estimate of drug-likeness (QED) is 0.359. The molecular weight excluding hydrogens is 458 g/mol. The summed E-state index contributed by atoms with van der Waals surface area (Å²) in [6.07, 6.45) is 0.522. The fraction of sp³-hybridized carbons (Fsp3) is 0.214. The Balaban J connectivity index is 1.42. The standard InChI is InChI=1S/C28H25N3O5/c1-17-27(18(2)36-30-17)28(33)35-16-26(32)31-25(20-10-12-23(34-3)13-11-20)15-24(29-31)22-9-8-19-6-4-5-7-21(19)14-22/h4-14,25H,15-16H2,1-3H3/t25-/m0/s1. The summed E-state index contributed by atoms with van der Waals surface area (Å²) >= 11 is 0. The van der Waals surface area contributed by atoms with E-state index in [0.717, 1.165) is 33.4 Å². The summed E-state index contributed by atoms with van der Waals surface area (Å²) in [6, 6.07) is 21.4. The van der Waals surface area contributed by atoms with Crippen molar-refractivity contribution in [2.45, 2.75) is 26.3 Å². The molecule has 0 saturated carbocycles. The molecule has 8 nitrogen and oxygen atoms in total. The first-order valence-corrected chi connectivity index (χ1v) is 11.6. The lowest BCUT2D eigenvalue weighted by Gasteiger charge is -2.22. The molecule has 0 N–H and O–H groups in total. The number of carbonyl (C=O) groups is 2. The lowest BCUT2D eigenvalue weighted by atomic mass is 9.97. The number of ether oxygens (including phenoxy) is 2. The zero-order valence-electron chi connectivity index (χ0n) is 20.2. The Morgan fingerprint density at radius 1 is 1.03 bits per heavy atom. The Hall–Kier alpha value is -4.46. The molecule has 0 unspecified atom stereocenters. The molecule has 36 heavy (non-hydrogen) atoms. The average Bonchev–Trinajstić information content (AvgIpc) is 3.50. The van der Waals surface area contributed by atoms with Crippen molar-refractivity contribution in [2.24, 2.45) is 5.10 Å². The molecule has 0 bridgehead atoms. The lowest BCUT2D eigenvalue weighted by molar-refractivity contribution is -0.136. The highest BCUT2D eigenvalue weighted by Gasteiger charge is 2.34. The molecule has 1 amide bonds. The van der Waals surface area contributed by atoms with Crippen LogP contribution < -0.4 is 4.74 Å². The molecule has 1 atom stereocenters. The predicted octanol–water partition coefficient (Wildman–Crippen LogP) is 4.99. The van der Waals surface area contributed by atoms with Crippen molar-refractivity contribution < 1.29 is 23.6 Å². The molecule has 4 aromatic rings. The molecule has 0 spiro atoms. The van der Waals surface area contributed by atoms with Gasteiger partial charge in [-0.25, -0.2) is 9.80 Å². The van der Waals surface area contributed by atoms with Crippen LogP contribution >= 0.6 is 0 Å². The van der Waals surface area contributed by atoms with Crippen LogP contribution in [-0.4, -0.2) is 41.5 Å². The summed E-state index contributed by atoms with van der Waals surface area (Å²) in [5, 5.41) is 12.1. The SMILES string of the molecule is COc1ccc([C@@H]2CC(c3ccc4ccccc4c3)=NN2C(=O)COC(=O)c2c(C)noc2C)cc1. The minimum absolute atomic E-state index is 0.233. The summed E-state index contributed by atoms with van der Waals surface area (Å²) < 4.78 is 15.6. The third kappa shape index (κ3) is 4.45. The van der Waals surface area contributed by atoms with Crippen molar-refractivity contribution in [1.82, 2.24) is 10.2 Å². The number of hydrogen-bond acceptors (Lipinski definition) is 7. The molecular formula is C28H25N3O5. The highest BCUT2D eigenvalue weighted by atomic mass is 16.5. The Labute approximate surface area is 208 Å². The molecule has 0 aliphatic carbocycles. The number of esters is 1. The number of nitrogens with zero attached hydrogens (tertiary/aromatic N) is 3. The van der Waals surface area contributed by atoms with E-state index in [-0.39, 0.29) is 11.6 Å². The lowest BCUT2D eigenvalue weighted by Crippen LogP contribution is -2.31. The monoisotopic (exact) mass is 483 g/mol. The minimum Gasteiger partial charge on any atom is -0.497 e. The molecule has 182 valence electrons. The van der Waals surface area contributed by atoms with E-state index in [2.05, 4.69) is 22.4 Å². The van der Waals surface area contributed by atoms with Crippen molar-refractivity contribution >= 4 is 28.4 Å². The maximum atomic E-state index is 13.3. The van der Waals surface area contributed by atoms with Crippen LogP contribution in [0.4, 0.5) is 0 Å². The van der Waals surface area contributed by atoms with E-state index >= 15 is 0 Å². The highest BCUT2D eigenvalue weighted by molar-refractivity contribution is 6.05. The zero-order chi connectivity index (χ0) is 25.2. The van der Waals surface area contributed by atoms with Crippen LogP contribution in [0.5, 0.6) is 5.75 Å². The minimum atomic E-state index is -0.654. The second kappa shape index (κ2) is 9.65. The number of hydrogen-bond donors (Lipinski definition) is 0. The fourth-order valence-electron chi connectivity index (χ4n) is 4.41. The van der Waals surface area contributed by atoms with Gasteiger partial charge in [0, 0.05) is 6.42 Å². The Morgan fingerprint density at radius 3 is 2.47 bits per heavy atom. The maximum absolute atomic E-state index is 13.3. The molecule has 0 saturated heterocycles. The molecule has 3 aromatic carbocycles. The van der Waals surface area contributed by atoms with Crippen molar-refractivity contribution in [1.29, 1.82) is 0 Å². The molecule has 2 heterocycles. The van der Waals surface area contributed by atoms with Crippen LogP contribution in [0.3, 0.4) is 0 Å². The van der Waals surface area contributed by atoms with Crippen LogP contribution in [0, 0.1) is 13.8 Å². The fourth-order valence-corrected chi connectivity index (χ4v) is 4.41. The van der Waals surface area contributed by atoms with Gasteiger partial charge >= 0.3 is 5.97 Å². The average molecular weight is 484 g/mol. The molecule has 1 aliphatic heterocycles. The topological polar surface area (TPSA) is 94.2 Å². The van der Waals surface area contributed by atoms with Crippen molar-refractivity contribution in [2.75, 3.05) is 13.7 Å². The van der Waals surface area contributed by atoms with E-state index in [1.807, 2.05) is 54.6 Å². The maximum Gasteiger partial charge on any atom is 0.344 e. The largest absolute Gasteiger partial charge is 0.497 e. The van der Waals surface area contributed by atoms with Crippen molar-refractivity contribution in [3.8, 4) is 5.75 Å². The smallest absolute Gasteiger partial charge is 0.344 e. The van der Waals surface area contributed by atoms with Gasteiger partial charge in [-0.15, -0.1) is 0 Å². The van der Waals surface area contributed by atoms with E-state index in [1.165, 1.54) is 5.01 Å². The molecule has 1 aromatic heterocycles. The van der Waals surface area contributed by atoms with Crippen LogP contribution in [0.2, 0.25) is 0 Å². The molecule has 5 rings (SSSR count). The first kappa shape index (κ1) is 23.3. The molecule has 0 radical (unpaired) electrons. The predicted molar refractivity (Wildman–Crippen MR) is 134 cm³/mol. The van der Waals surface area contributed by atoms with Crippen LogP contribution in [0.1, 0.15) is 45.4 Å². The van der Waals surface area contributed by atoms with Crippen molar-refractivity contribution in [3.05, 3.63) is 94.9 Å². The van der Waals surface area contributed by atoms with E-state index in [1.54, 1.807) is 21.0 Å². The van der Waals surface area contributed by atoms with E-state index in [9.17, 15) is 9.59 Å². The van der Waals surface area contributed by atoms with Gasteiger partial charge < -0.3 is 14.0 Å². The van der Waals surface area contributed by atoms with Gasteiger partial charge in [-0.3, -0.25) is 4.79 Å². The molecule has 0 fully saturated rings. The van der Waals surface area contributed by atoms with E-state index < -0.39 is 18.5 Å². The van der Waals surface area contributed by atoms with E-state index in [0.29, 0.717) is 17.9 Å². The number of rotatable bonds is 6. The molecule has 8 heteroatoms. The van der Waals surface area contributed by atoms with Crippen molar-refractivity contribution in [3.63, 3.8) is 0 Å². The summed E-state index contributed by atoms with van der Waals surface area (Å²) in [7, 11) is 1.61. The van der Waals surface area contributed by atoms with Gasteiger partial charge in [-0.2, -0.15) is 5.10 Å². The summed E-state index contributed by atoms with van der Waals surface area (Å²) in [6.45, 7) is 2.82. The Kier molecular flexibility index (Phi) is 6.25. The number of benzene rings is 3. The molecule has 1 aliphatic rings. The first-order chi connectivity index (χ1) is 17.4. The number of aromatic nitrogens is 1. The van der Waals surface area contributed by atoms with Crippen LogP contribution in [-0.2, 0) is 9.53 Å². The number of amides is 1. The first-order valence-electron chi connectivity index (χ1n) is 11.6. The number of hydrazone groups is 1. The number of methoxy groups -OCH3 is 1. The Morgan fingerprint density at radius 2 is 1.78 bits per heavy atom. The third-order valence-electron chi connectivity index (χ3n) is 6.31. The van der Waals surface area contributed by atoms with Gasteiger partial charge in [0.2, 0.25) is 0 Å². The van der Waals surface area contributed by atoms with Gasteiger partial charge in [0.1, 0.15) is 17.1 Å². The van der Waals surface area contributed by atoms with Gasteiger partial charge in [0.05, 0.1) is 24.6 Å². The summed E-state index contributed by atoms with van der Waals surface area (Å²) in [5.74, 6) is -0.0113. The second-order valence-corrected chi connectivity index (χ2v) is 8.62. The normalized spacial score (nSPS) is 15.1. The third-order valence-corrected chi connectivity index (χ3v) is 6.31. The summed E-state index contributed by atoms with van der Waals surface area (Å²) in [5.41, 5.74) is 3.28. The number of fused-ring (bicyclic) bond motifs is 1. The van der Waals surface area contributed by atoms with Gasteiger partial charge in [-0.05, 0) is 53.9 Å². The Bertz CT molecular complexity index is 1450. The number of carbonyl (C=O) groups excluding carboxylic acids is 2. The zero-order valence-corrected chi connectivity index (χ0v) is 20.2. The van der Waals surface area contributed by atoms with Crippen LogP contribution in [0.15, 0.2) is 76.4 Å². The van der Waals surface area contributed by atoms with Gasteiger partial charge in [0.25, 0.3) is 5.91 Å².